The lowest BCUT2D eigenvalue weighted by molar-refractivity contribution is 0.0221. The van der Waals surface area contributed by atoms with E-state index < -0.39 is 12.1 Å². The number of aromatic nitrogens is 3. The Kier molecular flexibility index (Phi) is 4.16. The Bertz CT molecular complexity index is 590. The van der Waals surface area contributed by atoms with Crippen LogP contribution in [0.1, 0.15) is 67.2 Å². The standard InChI is InChI=1S/C13H17N3O4/c1-5-7(2)10-6-11(19-16-10)13(17)18-8(3)12-14-9(4)15-20-12/h6-8H,5H2,1-4H3/t7-,8-/m1/s1. The maximum Gasteiger partial charge on any atom is 0.377 e. The molecule has 0 aliphatic rings. The molecule has 0 aromatic carbocycles. The van der Waals surface area contributed by atoms with Crippen LogP contribution in [0.5, 0.6) is 0 Å². The number of carbonyl (C=O) groups is 1. The fraction of sp³-hybridized carbons (Fsp3) is 0.538. The minimum Gasteiger partial charge on any atom is -0.447 e. The third kappa shape index (κ3) is 3.04. The molecule has 108 valence electrons. The molecule has 2 aromatic rings. The smallest absolute Gasteiger partial charge is 0.377 e. The number of esters is 1. The van der Waals surface area contributed by atoms with Gasteiger partial charge < -0.3 is 13.8 Å². The van der Waals surface area contributed by atoms with Crippen molar-refractivity contribution in [3.8, 4) is 0 Å². The van der Waals surface area contributed by atoms with E-state index in [4.69, 9.17) is 13.8 Å². The molecule has 0 saturated heterocycles. The van der Waals surface area contributed by atoms with Crippen LogP contribution < -0.4 is 0 Å². The minimum absolute atomic E-state index is 0.0726. The molecule has 0 spiro atoms. The van der Waals surface area contributed by atoms with Crippen LogP contribution in [0.4, 0.5) is 0 Å². The Balaban J connectivity index is 2.03. The lowest BCUT2D eigenvalue weighted by Crippen LogP contribution is -2.08. The van der Waals surface area contributed by atoms with Crippen LogP contribution in [0.3, 0.4) is 0 Å². The monoisotopic (exact) mass is 279 g/mol. The molecular weight excluding hydrogens is 262 g/mol. The third-order valence-corrected chi connectivity index (χ3v) is 3.02. The van der Waals surface area contributed by atoms with Crippen LogP contribution in [0, 0.1) is 6.92 Å². The van der Waals surface area contributed by atoms with Gasteiger partial charge >= 0.3 is 5.97 Å². The van der Waals surface area contributed by atoms with Crippen LogP contribution in [0.2, 0.25) is 0 Å². The fourth-order valence-electron chi connectivity index (χ4n) is 1.57. The molecule has 20 heavy (non-hydrogen) atoms. The van der Waals surface area contributed by atoms with Gasteiger partial charge in [0.05, 0.1) is 5.69 Å². The van der Waals surface area contributed by atoms with E-state index in [1.54, 1.807) is 19.9 Å². The lowest BCUT2D eigenvalue weighted by atomic mass is 10.1. The second-order valence-corrected chi connectivity index (χ2v) is 4.65. The summed E-state index contributed by atoms with van der Waals surface area (Å²) in [6.07, 6.45) is 0.277. The molecular formula is C13H17N3O4. The minimum atomic E-state index is -0.638. The van der Waals surface area contributed by atoms with Gasteiger partial charge in [-0.2, -0.15) is 4.98 Å². The number of ether oxygens (including phenoxy) is 1. The van der Waals surface area contributed by atoms with Crippen molar-refractivity contribution in [2.45, 2.75) is 46.1 Å². The zero-order valence-corrected chi connectivity index (χ0v) is 11.9. The normalized spacial score (nSPS) is 14.0. The highest BCUT2D eigenvalue weighted by atomic mass is 16.6. The van der Waals surface area contributed by atoms with Gasteiger partial charge in [0, 0.05) is 12.0 Å². The lowest BCUT2D eigenvalue weighted by Gasteiger charge is -2.06. The van der Waals surface area contributed by atoms with E-state index in [2.05, 4.69) is 15.3 Å². The molecule has 7 nitrogen and oxygen atoms in total. The molecule has 2 atom stereocenters. The highest BCUT2D eigenvalue weighted by Gasteiger charge is 2.22. The summed E-state index contributed by atoms with van der Waals surface area (Å²) in [6, 6.07) is 1.60. The highest BCUT2D eigenvalue weighted by molar-refractivity contribution is 5.86. The van der Waals surface area contributed by atoms with Crippen LogP contribution in [-0.4, -0.2) is 21.3 Å². The number of hydrogen-bond donors (Lipinski definition) is 0. The zero-order chi connectivity index (χ0) is 14.7. The van der Waals surface area contributed by atoms with E-state index in [1.165, 1.54) is 0 Å². The van der Waals surface area contributed by atoms with Crippen molar-refractivity contribution in [3.05, 3.63) is 29.2 Å². The van der Waals surface area contributed by atoms with Gasteiger partial charge in [0.2, 0.25) is 5.76 Å². The van der Waals surface area contributed by atoms with Crippen molar-refractivity contribution in [1.82, 2.24) is 15.3 Å². The summed E-state index contributed by atoms with van der Waals surface area (Å²) < 4.78 is 15.1. The Morgan fingerprint density at radius 2 is 2.10 bits per heavy atom. The molecule has 0 bridgehead atoms. The van der Waals surface area contributed by atoms with Gasteiger partial charge in [-0.25, -0.2) is 4.79 Å². The van der Waals surface area contributed by atoms with Gasteiger partial charge in [0.25, 0.3) is 5.89 Å². The molecule has 0 fully saturated rings. The number of rotatable bonds is 5. The highest BCUT2D eigenvalue weighted by Crippen LogP contribution is 2.21. The first-order valence-electron chi connectivity index (χ1n) is 6.49. The first kappa shape index (κ1) is 14.2. The summed E-state index contributed by atoms with van der Waals surface area (Å²) in [6.45, 7) is 7.39. The summed E-state index contributed by atoms with van der Waals surface area (Å²) >= 11 is 0. The van der Waals surface area contributed by atoms with Gasteiger partial charge in [0.15, 0.2) is 11.9 Å². The predicted molar refractivity (Wildman–Crippen MR) is 68.1 cm³/mol. The molecule has 0 saturated carbocycles. The number of nitrogens with zero attached hydrogens (tertiary/aromatic N) is 3. The molecule has 0 aliphatic heterocycles. The van der Waals surface area contributed by atoms with Crippen LogP contribution >= 0.6 is 0 Å². The van der Waals surface area contributed by atoms with Crippen molar-refractivity contribution in [2.24, 2.45) is 0 Å². The SMILES string of the molecule is CC[C@@H](C)c1cc(C(=O)O[C@H](C)c2nc(C)no2)on1. The molecule has 2 rings (SSSR count). The van der Waals surface area contributed by atoms with E-state index in [0.29, 0.717) is 5.82 Å². The van der Waals surface area contributed by atoms with E-state index in [0.717, 1.165) is 12.1 Å². The number of aryl methyl sites for hydroxylation is 1. The molecule has 0 aliphatic carbocycles. The van der Waals surface area contributed by atoms with Crippen LogP contribution in [0.25, 0.3) is 0 Å². The summed E-state index contributed by atoms with van der Waals surface area (Å²) in [4.78, 5) is 15.9. The maximum absolute atomic E-state index is 11.9. The van der Waals surface area contributed by atoms with E-state index in [9.17, 15) is 4.79 Å². The Morgan fingerprint density at radius 1 is 1.35 bits per heavy atom. The van der Waals surface area contributed by atoms with Crippen molar-refractivity contribution in [3.63, 3.8) is 0 Å². The van der Waals surface area contributed by atoms with Crippen molar-refractivity contribution >= 4 is 5.97 Å². The fourth-order valence-corrected chi connectivity index (χ4v) is 1.57. The van der Waals surface area contributed by atoms with E-state index >= 15 is 0 Å². The van der Waals surface area contributed by atoms with Crippen LogP contribution in [-0.2, 0) is 4.74 Å². The first-order chi connectivity index (χ1) is 9.51. The summed E-state index contributed by atoms with van der Waals surface area (Å²) in [5, 5.41) is 7.51. The van der Waals surface area contributed by atoms with Gasteiger partial charge in [-0.15, -0.1) is 0 Å². The summed E-state index contributed by atoms with van der Waals surface area (Å²) in [5.74, 6) is 0.439. The Labute approximate surface area is 116 Å². The van der Waals surface area contributed by atoms with Crippen LogP contribution in [0.15, 0.2) is 15.1 Å². The number of carbonyl (C=O) groups excluding carboxylic acids is 1. The first-order valence-corrected chi connectivity index (χ1v) is 6.49. The third-order valence-electron chi connectivity index (χ3n) is 3.02. The molecule has 2 aromatic heterocycles. The maximum atomic E-state index is 11.9. The second kappa shape index (κ2) is 5.85. The second-order valence-electron chi connectivity index (χ2n) is 4.65. The molecule has 0 amide bonds. The van der Waals surface area contributed by atoms with Gasteiger partial charge in [-0.3, -0.25) is 0 Å². The van der Waals surface area contributed by atoms with Crippen molar-refractivity contribution in [1.29, 1.82) is 0 Å². The zero-order valence-electron chi connectivity index (χ0n) is 11.9. The Morgan fingerprint density at radius 3 is 2.70 bits per heavy atom. The average Bonchev–Trinajstić information content (AvgIpc) is 3.06. The molecule has 7 heteroatoms. The van der Waals surface area contributed by atoms with Crippen molar-refractivity contribution < 1.29 is 18.6 Å². The molecule has 2 heterocycles. The average molecular weight is 279 g/mol. The quantitative estimate of drug-likeness (QED) is 0.777. The van der Waals surface area contributed by atoms with Gasteiger partial charge in [0.1, 0.15) is 0 Å². The molecule has 0 N–H and O–H groups in total. The van der Waals surface area contributed by atoms with Gasteiger partial charge in [-0.1, -0.05) is 24.2 Å². The largest absolute Gasteiger partial charge is 0.447 e. The number of hydrogen-bond acceptors (Lipinski definition) is 7. The van der Waals surface area contributed by atoms with E-state index in [1.807, 2.05) is 13.8 Å². The Hall–Kier alpha value is -2.18. The van der Waals surface area contributed by atoms with Gasteiger partial charge in [-0.05, 0) is 20.3 Å². The molecule has 0 unspecified atom stereocenters. The summed E-state index contributed by atoms with van der Waals surface area (Å²) in [5.41, 5.74) is 0.737. The summed E-state index contributed by atoms with van der Waals surface area (Å²) in [7, 11) is 0. The van der Waals surface area contributed by atoms with E-state index in [-0.39, 0.29) is 17.6 Å². The predicted octanol–water partition coefficient (Wildman–Crippen LogP) is 2.80. The van der Waals surface area contributed by atoms with Crippen molar-refractivity contribution in [2.75, 3.05) is 0 Å². The molecule has 0 radical (unpaired) electrons. The topological polar surface area (TPSA) is 91.2 Å².